The summed E-state index contributed by atoms with van der Waals surface area (Å²) in [7, 11) is -9.74. The van der Waals surface area contributed by atoms with Gasteiger partial charge in [0.05, 0.1) is 23.1 Å². The number of aliphatic hydroxyl groups excluding tert-OH is 1. The van der Waals surface area contributed by atoms with Crippen LogP contribution in [0.15, 0.2) is 339 Å². The Morgan fingerprint density at radius 1 is 0.256 bits per heavy atom. The van der Waals surface area contributed by atoms with E-state index in [9.17, 15) is 120 Å². The molecule has 117 heavy (non-hydrogen) atoms. The van der Waals surface area contributed by atoms with Crippen molar-refractivity contribution in [3.63, 3.8) is 0 Å². The number of aliphatic hydroxyl groups is 1. The molecule has 0 saturated heterocycles. The molecule has 0 atom stereocenters. The van der Waals surface area contributed by atoms with Crippen molar-refractivity contribution in [2.75, 3.05) is 0 Å². The third kappa shape index (κ3) is 24.3. The Morgan fingerprint density at radius 2 is 0.444 bits per heavy atom. The molecule has 0 heterocycles. The minimum atomic E-state index is -5.42. The standard InChI is InChI=1S/3C25H18F3OP.2C5H2F6O2.Eu/c3*26-25(27,28)20-17-15-19(16-18-20)23-13-7-8-14-24(23)30(29,21-9-3-1-4-10-21)22-11-5-2-6-12-22;2*6-4(7,8)2(12)1-3(13)5(9,10)11;/h3*1-18H;1H2;1,12H;. The Hall–Kier alpha value is -10.0. The van der Waals surface area contributed by atoms with E-state index in [4.69, 9.17) is 5.11 Å². The monoisotopic (exact) mass is 1840 g/mol. The van der Waals surface area contributed by atoms with Crippen molar-refractivity contribution in [1.82, 2.24) is 0 Å². The van der Waals surface area contributed by atoms with Gasteiger partial charge in [-0.2, -0.15) is 92.2 Å². The molecule has 1 N–H and O–H groups in total. The van der Waals surface area contributed by atoms with Crippen LogP contribution in [0.25, 0.3) is 33.4 Å². The van der Waals surface area contributed by atoms with Gasteiger partial charge in [0.25, 0.3) is 5.78 Å². The molecule has 0 unspecified atom stereocenters. The normalized spacial score (nSPS) is 12.2. The fraction of sp³-hybridized carbons (Fsp3) is 0.0941. The van der Waals surface area contributed by atoms with Gasteiger partial charge in [0.2, 0.25) is 17.3 Å². The number of halogens is 21. The number of hydrogen-bond donors (Lipinski definition) is 1. The number of ketones is 3. The van der Waals surface area contributed by atoms with Crippen LogP contribution in [0.1, 0.15) is 23.1 Å². The van der Waals surface area contributed by atoms with Gasteiger partial charge < -0.3 is 18.8 Å². The van der Waals surface area contributed by atoms with Crippen molar-refractivity contribution < 1.29 is 175 Å². The maximum Gasteiger partial charge on any atom is 0.454 e. The first-order chi connectivity index (χ1) is 54.3. The van der Waals surface area contributed by atoms with E-state index in [1.807, 2.05) is 182 Å². The second kappa shape index (κ2) is 39.5. The van der Waals surface area contributed by atoms with Crippen LogP contribution < -0.4 is 47.7 Å². The van der Waals surface area contributed by atoms with E-state index in [-0.39, 0.29) is 49.4 Å². The summed E-state index contributed by atoms with van der Waals surface area (Å²) in [4.78, 5) is 29.6. The van der Waals surface area contributed by atoms with Crippen LogP contribution in [-0.2, 0) is 46.6 Å². The number of benzene rings is 12. The third-order valence-corrected chi connectivity index (χ3v) is 26.2. The Balaban J connectivity index is 0.000000210. The van der Waals surface area contributed by atoms with Crippen LogP contribution >= 0.6 is 21.4 Å². The van der Waals surface area contributed by atoms with E-state index in [2.05, 4.69) is 0 Å². The number of allylic oxidation sites excluding steroid dienone is 2. The molecular formula is C85H58EuF21O7P3. The smallest absolute Gasteiger partial charge is 0.454 e. The Labute approximate surface area is 695 Å². The molecule has 0 saturated carbocycles. The van der Waals surface area contributed by atoms with Crippen molar-refractivity contribution in [1.29, 1.82) is 0 Å². The molecule has 12 aromatic rings. The summed E-state index contributed by atoms with van der Waals surface area (Å²) >= 11 is 0. The van der Waals surface area contributed by atoms with Gasteiger partial charge in [0.15, 0.2) is 21.4 Å². The molecule has 7 nitrogen and oxygen atoms in total. The number of carbonyl (C=O) groups is 3. The fourth-order valence-corrected chi connectivity index (χ4v) is 19.9. The molecule has 0 fully saturated rings. The van der Waals surface area contributed by atoms with Crippen molar-refractivity contribution in [3.05, 3.63) is 356 Å². The summed E-state index contributed by atoms with van der Waals surface area (Å²) in [5.41, 5.74) is 1.60. The summed E-state index contributed by atoms with van der Waals surface area (Å²) in [6.45, 7) is 0. The molecule has 0 amide bonds. The zero-order valence-electron chi connectivity index (χ0n) is 59.5. The largest absolute Gasteiger partial charge is 0.504 e. The first-order valence-electron chi connectivity index (χ1n) is 33.6. The second-order valence-electron chi connectivity index (χ2n) is 24.5. The van der Waals surface area contributed by atoms with Crippen LogP contribution in [0.4, 0.5) is 92.2 Å². The SMILES string of the molecule is O=C(C=C(O)C(F)(F)F)C(F)(F)F.O=C(CC(=O)C(F)(F)F)C(F)(F)F.O=P(c1ccccc1)(c1ccccc1)c1ccccc1-c1ccc(C(F)(F)F)cc1.O=P(c1ccccc1)(c1ccccc1)c1ccccc1-c1ccc(C(F)(F)F)cc1.O=P(c1ccccc1)(c1ccccc1)c1ccccc1-c1ccc(C(F)(F)F)cc1.[Eu]. The molecule has 12 rings (SSSR count). The first-order valence-corrected chi connectivity index (χ1v) is 38.7. The molecule has 0 bridgehead atoms. The van der Waals surface area contributed by atoms with E-state index in [0.29, 0.717) is 81.1 Å². The van der Waals surface area contributed by atoms with Gasteiger partial charge in [-0.3, -0.25) is 14.4 Å². The van der Waals surface area contributed by atoms with E-state index in [1.54, 1.807) is 72.8 Å². The molecule has 0 aliphatic heterocycles. The Kier molecular flexibility index (Phi) is 31.8. The minimum Gasteiger partial charge on any atom is -0.504 e. The van der Waals surface area contributed by atoms with Gasteiger partial charge in [-0.25, -0.2) is 0 Å². The van der Waals surface area contributed by atoms with E-state index >= 15 is 0 Å². The van der Waals surface area contributed by atoms with Crippen LogP contribution in [0.2, 0.25) is 0 Å². The average molecular weight is 1840 g/mol. The maximum atomic E-state index is 14.7. The molecule has 0 aromatic heterocycles. The summed E-state index contributed by atoms with van der Waals surface area (Å²) in [6.07, 6.45) is -37.9. The van der Waals surface area contributed by atoms with E-state index in [1.165, 1.54) is 36.4 Å². The third-order valence-electron chi connectivity index (χ3n) is 16.8. The summed E-state index contributed by atoms with van der Waals surface area (Å²) in [5, 5.41) is 13.8. The summed E-state index contributed by atoms with van der Waals surface area (Å²) < 4.78 is 297. The Morgan fingerprint density at radius 3 is 0.615 bits per heavy atom. The molecule has 0 spiro atoms. The van der Waals surface area contributed by atoms with Crippen molar-refractivity contribution in [3.8, 4) is 33.4 Å². The molecule has 0 aliphatic carbocycles. The quantitative estimate of drug-likeness (QED) is 0.0356. The molecule has 12 aromatic carbocycles. The van der Waals surface area contributed by atoms with Crippen molar-refractivity contribution >= 4 is 86.5 Å². The predicted octanol–water partition coefficient (Wildman–Crippen LogP) is 21.8. The summed E-state index contributed by atoms with van der Waals surface area (Å²) in [5.74, 6) is -10.7. The van der Waals surface area contributed by atoms with Crippen LogP contribution in [-0.4, -0.2) is 47.2 Å². The second-order valence-corrected chi connectivity index (χ2v) is 32.7. The van der Waals surface area contributed by atoms with Gasteiger partial charge >= 0.3 is 43.2 Å². The molecule has 1 radical (unpaired) electrons. The Bertz CT molecular complexity index is 4860. The number of rotatable bonds is 15. The van der Waals surface area contributed by atoms with Gasteiger partial charge in [-0.1, -0.05) is 291 Å². The number of alkyl halides is 21. The summed E-state index contributed by atoms with van der Waals surface area (Å²) in [6, 6.07) is 91.8. The minimum absolute atomic E-state index is 0. The molecule has 609 valence electrons. The number of carbonyl (C=O) groups excluding carboxylic acids is 3. The van der Waals surface area contributed by atoms with Gasteiger partial charge in [-0.15, -0.1) is 0 Å². The van der Waals surface area contributed by atoms with Crippen molar-refractivity contribution in [2.24, 2.45) is 0 Å². The van der Waals surface area contributed by atoms with Gasteiger partial charge in [0.1, 0.15) is 0 Å². The zero-order valence-corrected chi connectivity index (χ0v) is 64.6. The van der Waals surface area contributed by atoms with Crippen molar-refractivity contribution in [2.45, 2.75) is 49.7 Å². The van der Waals surface area contributed by atoms with Gasteiger partial charge in [0, 0.05) is 103 Å². The molecule has 0 aliphatic rings. The van der Waals surface area contributed by atoms with Crippen LogP contribution in [0, 0.1) is 49.4 Å². The van der Waals surface area contributed by atoms with E-state index < -0.39 is 117 Å². The zero-order chi connectivity index (χ0) is 85.3. The number of Topliss-reactive ketones (excluding diaryl/α,β-unsaturated/α-hetero) is 2. The number of hydrogen-bond acceptors (Lipinski definition) is 7. The van der Waals surface area contributed by atoms with E-state index in [0.717, 1.165) is 36.4 Å². The fourth-order valence-electron chi connectivity index (χ4n) is 11.2. The predicted molar refractivity (Wildman–Crippen MR) is 403 cm³/mol. The first kappa shape index (κ1) is 94.1. The molecule has 32 heteroatoms. The van der Waals surface area contributed by atoms with Gasteiger partial charge in [-0.05, 0) is 69.8 Å². The van der Waals surface area contributed by atoms with Crippen LogP contribution in [0.5, 0.6) is 0 Å². The average Bonchev–Trinajstić information content (AvgIpc) is 0.761. The molecular weight excluding hydrogens is 1780 g/mol. The topological polar surface area (TPSA) is 123 Å². The maximum absolute atomic E-state index is 14.7. The van der Waals surface area contributed by atoms with Crippen LogP contribution in [0.3, 0.4) is 0 Å².